The van der Waals surface area contributed by atoms with Gasteiger partial charge in [-0.2, -0.15) is 0 Å². The lowest BCUT2D eigenvalue weighted by atomic mass is 9.82. The van der Waals surface area contributed by atoms with Crippen LogP contribution in [0.5, 0.6) is 5.75 Å². The first kappa shape index (κ1) is 14.9. The summed E-state index contributed by atoms with van der Waals surface area (Å²) < 4.78 is 11.4. The van der Waals surface area contributed by atoms with Crippen LogP contribution >= 0.6 is 0 Å². The predicted molar refractivity (Wildman–Crippen MR) is 82.3 cm³/mol. The van der Waals surface area contributed by atoms with Gasteiger partial charge in [-0.05, 0) is 55.7 Å². The molecule has 0 spiro atoms. The van der Waals surface area contributed by atoms with Crippen molar-refractivity contribution in [2.24, 2.45) is 5.92 Å². The van der Waals surface area contributed by atoms with Gasteiger partial charge in [-0.3, -0.25) is 0 Å². The molecule has 0 bridgehead atoms. The zero-order valence-corrected chi connectivity index (χ0v) is 12.7. The minimum Gasteiger partial charge on any atom is -0.465 e. The van der Waals surface area contributed by atoms with E-state index in [9.17, 15) is 5.11 Å². The van der Waals surface area contributed by atoms with Crippen LogP contribution < -0.4 is 4.74 Å². The molecule has 1 N–H and O–H groups in total. The van der Waals surface area contributed by atoms with E-state index in [2.05, 4.69) is 12.1 Å². The summed E-state index contributed by atoms with van der Waals surface area (Å²) in [4.78, 5) is 0. The summed E-state index contributed by atoms with van der Waals surface area (Å²) in [6.45, 7) is 0.808. The number of aliphatic hydroxyl groups excluding tert-OH is 1. The van der Waals surface area contributed by atoms with E-state index < -0.39 is 0 Å². The summed E-state index contributed by atoms with van der Waals surface area (Å²) in [6.07, 6.45) is 8.62. The van der Waals surface area contributed by atoms with Crippen LogP contribution in [0.3, 0.4) is 0 Å². The van der Waals surface area contributed by atoms with Gasteiger partial charge in [0.15, 0.2) is 6.29 Å². The first-order valence-corrected chi connectivity index (χ1v) is 8.36. The molecule has 0 amide bonds. The molecule has 2 aliphatic rings. The van der Waals surface area contributed by atoms with Gasteiger partial charge in [-0.25, -0.2) is 0 Å². The van der Waals surface area contributed by atoms with Crippen molar-refractivity contribution in [3.63, 3.8) is 0 Å². The standard InChI is InChI=1S/C18H26O3/c19-17-6-2-1-5-15(17)13-14-8-10-16(11-9-14)21-18-7-3-4-12-20-18/h8-11,15,17-19H,1-7,12-13H2/t15-,17-,18?/m0/s1. The van der Waals surface area contributed by atoms with E-state index >= 15 is 0 Å². The van der Waals surface area contributed by atoms with Crippen LogP contribution in [0.25, 0.3) is 0 Å². The van der Waals surface area contributed by atoms with Gasteiger partial charge >= 0.3 is 0 Å². The third-order valence-corrected chi connectivity index (χ3v) is 4.70. The van der Waals surface area contributed by atoms with Crippen LogP contribution in [0.1, 0.15) is 50.5 Å². The van der Waals surface area contributed by atoms with Crippen LogP contribution in [-0.4, -0.2) is 24.1 Å². The monoisotopic (exact) mass is 290 g/mol. The molecule has 21 heavy (non-hydrogen) atoms. The third kappa shape index (κ3) is 4.21. The fourth-order valence-electron chi connectivity index (χ4n) is 3.39. The molecule has 3 heteroatoms. The second kappa shape index (κ2) is 7.28. The molecular weight excluding hydrogens is 264 g/mol. The van der Waals surface area contributed by atoms with Crippen LogP contribution in [-0.2, 0) is 11.2 Å². The maximum absolute atomic E-state index is 10.1. The maximum atomic E-state index is 10.1. The van der Waals surface area contributed by atoms with E-state index in [4.69, 9.17) is 9.47 Å². The Morgan fingerprint density at radius 1 is 1.00 bits per heavy atom. The minimum absolute atomic E-state index is 0.0789. The Bertz CT molecular complexity index is 423. The molecule has 3 nitrogen and oxygen atoms in total. The third-order valence-electron chi connectivity index (χ3n) is 4.70. The highest BCUT2D eigenvalue weighted by Crippen LogP contribution is 2.28. The highest BCUT2D eigenvalue weighted by molar-refractivity contribution is 5.27. The molecule has 1 heterocycles. The zero-order chi connectivity index (χ0) is 14.5. The Hall–Kier alpha value is -1.06. The van der Waals surface area contributed by atoms with Crippen molar-refractivity contribution in [1.29, 1.82) is 0 Å². The highest BCUT2D eigenvalue weighted by atomic mass is 16.7. The first-order chi connectivity index (χ1) is 10.3. The maximum Gasteiger partial charge on any atom is 0.199 e. The van der Waals surface area contributed by atoms with Gasteiger partial charge in [0.2, 0.25) is 0 Å². The van der Waals surface area contributed by atoms with Crippen LogP contribution in [0.15, 0.2) is 24.3 Å². The van der Waals surface area contributed by atoms with Crippen molar-refractivity contribution in [3.8, 4) is 5.75 Å². The summed E-state index contributed by atoms with van der Waals surface area (Å²) in [5.74, 6) is 1.31. The van der Waals surface area contributed by atoms with Gasteiger partial charge in [-0.15, -0.1) is 0 Å². The Balaban J connectivity index is 1.53. The molecular formula is C18H26O3. The SMILES string of the molecule is O[C@H]1CCCC[C@H]1Cc1ccc(OC2CCCCO2)cc1. The molecule has 3 atom stereocenters. The predicted octanol–water partition coefficient (Wildman–Crippen LogP) is 3.69. The molecule has 1 aliphatic heterocycles. The van der Waals surface area contributed by atoms with Gasteiger partial charge in [0.05, 0.1) is 12.7 Å². The number of hydrogen-bond acceptors (Lipinski definition) is 3. The van der Waals surface area contributed by atoms with Gasteiger partial charge in [-0.1, -0.05) is 25.0 Å². The van der Waals surface area contributed by atoms with Crippen molar-refractivity contribution < 1.29 is 14.6 Å². The Kier molecular flexibility index (Phi) is 5.15. The van der Waals surface area contributed by atoms with Gasteiger partial charge in [0.25, 0.3) is 0 Å². The van der Waals surface area contributed by atoms with E-state index in [0.717, 1.165) is 44.5 Å². The smallest absolute Gasteiger partial charge is 0.199 e. The summed E-state index contributed by atoms with van der Waals surface area (Å²) >= 11 is 0. The molecule has 1 unspecified atom stereocenters. The molecule has 1 saturated heterocycles. The number of benzene rings is 1. The van der Waals surface area contributed by atoms with Gasteiger partial charge in [0.1, 0.15) is 5.75 Å². The average molecular weight is 290 g/mol. The van der Waals surface area contributed by atoms with Crippen molar-refractivity contribution in [2.75, 3.05) is 6.61 Å². The molecule has 0 radical (unpaired) electrons. The second-order valence-corrected chi connectivity index (χ2v) is 6.37. The van der Waals surface area contributed by atoms with Crippen molar-refractivity contribution >= 4 is 0 Å². The van der Waals surface area contributed by atoms with Gasteiger partial charge in [0, 0.05) is 6.42 Å². The lowest BCUT2D eigenvalue weighted by molar-refractivity contribution is -0.105. The second-order valence-electron chi connectivity index (χ2n) is 6.37. The van der Waals surface area contributed by atoms with E-state index in [1.54, 1.807) is 0 Å². The quantitative estimate of drug-likeness (QED) is 0.919. The van der Waals surface area contributed by atoms with Crippen LogP contribution in [0.4, 0.5) is 0 Å². The molecule has 1 aliphatic carbocycles. The summed E-state index contributed by atoms with van der Waals surface area (Å²) in [5.41, 5.74) is 1.29. The topological polar surface area (TPSA) is 38.7 Å². The summed E-state index contributed by atoms with van der Waals surface area (Å²) in [6, 6.07) is 8.31. The minimum atomic E-state index is -0.120. The molecule has 1 aromatic rings. The Morgan fingerprint density at radius 3 is 2.48 bits per heavy atom. The Morgan fingerprint density at radius 2 is 1.76 bits per heavy atom. The van der Waals surface area contributed by atoms with Crippen molar-refractivity contribution in [1.82, 2.24) is 0 Å². The highest BCUT2D eigenvalue weighted by Gasteiger charge is 2.23. The van der Waals surface area contributed by atoms with Crippen LogP contribution in [0.2, 0.25) is 0 Å². The van der Waals surface area contributed by atoms with Crippen LogP contribution in [0, 0.1) is 5.92 Å². The number of hydrogen-bond donors (Lipinski definition) is 1. The normalized spacial score (nSPS) is 30.0. The lowest BCUT2D eigenvalue weighted by Crippen LogP contribution is -2.26. The molecule has 2 fully saturated rings. The first-order valence-electron chi connectivity index (χ1n) is 8.36. The molecule has 1 saturated carbocycles. The fraction of sp³-hybridized carbons (Fsp3) is 0.667. The van der Waals surface area contributed by atoms with Crippen molar-refractivity contribution in [3.05, 3.63) is 29.8 Å². The summed E-state index contributed by atoms with van der Waals surface area (Å²) in [7, 11) is 0. The van der Waals surface area contributed by atoms with E-state index in [0.29, 0.717) is 5.92 Å². The van der Waals surface area contributed by atoms with E-state index in [1.165, 1.54) is 24.8 Å². The number of ether oxygens (including phenoxy) is 2. The molecule has 1 aromatic carbocycles. The Labute approximate surface area is 127 Å². The summed E-state index contributed by atoms with van der Waals surface area (Å²) in [5, 5.41) is 10.1. The van der Waals surface area contributed by atoms with E-state index in [1.807, 2.05) is 12.1 Å². The fourth-order valence-corrected chi connectivity index (χ4v) is 3.39. The zero-order valence-electron chi connectivity index (χ0n) is 12.7. The van der Waals surface area contributed by atoms with Gasteiger partial charge < -0.3 is 14.6 Å². The average Bonchev–Trinajstić information content (AvgIpc) is 2.52. The largest absolute Gasteiger partial charge is 0.465 e. The molecule has 3 rings (SSSR count). The lowest BCUT2D eigenvalue weighted by Gasteiger charge is -2.27. The number of aliphatic hydroxyl groups is 1. The van der Waals surface area contributed by atoms with Crippen molar-refractivity contribution in [2.45, 2.75) is 63.8 Å². The van der Waals surface area contributed by atoms with E-state index in [-0.39, 0.29) is 12.4 Å². The molecule has 116 valence electrons. The number of rotatable bonds is 4. The molecule has 0 aromatic heterocycles.